The van der Waals surface area contributed by atoms with Crippen molar-refractivity contribution >= 4 is 11.9 Å². The summed E-state index contributed by atoms with van der Waals surface area (Å²) in [6.07, 6.45) is 2.16. The topological polar surface area (TPSA) is 78.4 Å². The Kier molecular flexibility index (Phi) is 4.51. The second-order valence-corrected chi connectivity index (χ2v) is 5.36. The highest BCUT2D eigenvalue weighted by Gasteiger charge is 2.37. The first-order chi connectivity index (χ1) is 7.85. The number of hydrogen-bond acceptors (Lipinski definition) is 3. The van der Waals surface area contributed by atoms with Gasteiger partial charge in [-0.15, -0.1) is 0 Å². The Morgan fingerprint density at radius 2 is 2.12 bits per heavy atom. The number of rotatable bonds is 5. The second kappa shape index (κ2) is 5.49. The van der Waals surface area contributed by atoms with E-state index in [4.69, 9.17) is 5.11 Å². The van der Waals surface area contributed by atoms with Crippen LogP contribution in [-0.4, -0.2) is 35.1 Å². The largest absolute Gasteiger partial charge is 0.480 e. The van der Waals surface area contributed by atoms with Gasteiger partial charge in [-0.05, 0) is 38.6 Å². The van der Waals surface area contributed by atoms with Crippen molar-refractivity contribution in [2.24, 2.45) is 5.92 Å². The molecule has 1 amide bonds. The van der Waals surface area contributed by atoms with E-state index in [0.29, 0.717) is 6.42 Å². The van der Waals surface area contributed by atoms with E-state index in [1.807, 2.05) is 20.8 Å². The highest BCUT2D eigenvalue weighted by molar-refractivity contribution is 5.90. The molecule has 1 aliphatic rings. The molecule has 1 fully saturated rings. The molecule has 5 nitrogen and oxygen atoms in total. The van der Waals surface area contributed by atoms with Gasteiger partial charge in [-0.3, -0.25) is 4.79 Å². The molecule has 0 aromatic heterocycles. The van der Waals surface area contributed by atoms with Crippen LogP contribution in [0.25, 0.3) is 0 Å². The van der Waals surface area contributed by atoms with Crippen LogP contribution >= 0.6 is 0 Å². The van der Waals surface area contributed by atoms with Crippen molar-refractivity contribution in [3.63, 3.8) is 0 Å². The van der Waals surface area contributed by atoms with E-state index in [2.05, 4.69) is 10.6 Å². The Labute approximate surface area is 102 Å². The third-order valence-electron chi connectivity index (χ3n) is 3.18. The molecule has 1 heterocycles. The van der Waals surface area contributed by atoms with Crippen LogP contribution in [0.3, 0.4) is 0 Å². The maximum atomic E-state index is 12.0. The van der Waals surface area contributed by atoms with E-state index in [9.17, 15) is 9.59 Å². The average molecular weight is 242 g/mol. The van der Waals surface area contributed by atoms with Gasteiger partial charge in [-0.2, -0.15) is 0 Å². The van der Waals surface area contributed by atoms with Crippen LogP contribution in [0.5, 0.6) is 0 Å². The monoisotopic (exact) mass is 242 g/mol. The number of carbonyl (C=O) groups is 2. The molecule has 0 aliphatic carbocycles. The first kappa shape index (κ1) is 14.0. The Morgan fingerprint density at radius 1 is 1.47 bits per heavy atom. The van der Waals surface area contributed by atoms with Crippen molar-refractivity contribution in [2.75, 3.05) is 6.54 Å². The molecule has 1 rings (SSSR count). The van der Waals surface area contributed by atoms with Gasteiger partial charge < -0.3 is 15.7 Å². The molecular weight excluding hydrogens is 220 g/mol. The van der Waals surface area contributed by atoms with Gasteiger partial charge in [0.1, 0.15) is 6.04 Å². The van der Waals surface area contributed by atoms with Crippen molar-refractivity contribution in [3.8, 4) is 0 Å². The van der Waals surface area contributed by atoms with Crippen molar-refractivity contribution in [1.82, 2.24) is 10.6 Å². The molecule has 0 bridgehead atoms. The van der Waals surface area contributed by atoms with Gasteiger partial charge in [0.15, 0.2) is 0 Å². The summed E-state index contributed by atoms with van der Waals surface area (Å²) < 4.78 is 0. The molecule has 0 saturated carbocycles. The minimum absolute atomic E-state index is 0.206. The third kappa shape index (κ3) is 3.70. The van der Waals surface area contributed by atoms with Gasteiger partial charge in [0.2, 0.25) is 5.91 Å². The minimum atomic E-state index is -0.964. The van der Waals surface area contributed by atoms with Crippen molar-refractivity contribution in [3.05, 3.63) is 0 Å². The highest BCUT2D eigenvalue weighted by Crippen LogP contribution is 2.19. The van der Waals surface area contributed by atoms with Gasteiger partial charge >= 0.3 is 5.97 Å². The van der Waals surface area contributed by atoms with Crippen LogP contribution in [0.4, 0.5) is 0 Å². The van der Waals surface area contributed by atoms with E-state index >= 15 is 0 Å². The van der Waals surface area contributed by atoms with Crippen molar-refractivity contribution in [1.29, 1.82) is 0 Å². The Balaban J connectivity index is 2.60. The van der Waals surface area contributed by atoms with Gasteiger partial charge in [-0.1, -0.05) is 13.8 Å². The molecule has 0 aromatic carbocycles. The molecule has 5 heteroatoms. The lowest BCUT2D eigenvalue weighted by molar-refractivity contribution is -0.143. The number of aliphatic carboxylic acids is 1. The summed E-state index contributed by atoms with van der Waals surface area (Å²) in [6, 6.07) is -0.790. The maximum Gasteiger partial charge on any atom is 0.326 e. The van der Waals surface area contributed by atoms with E-state index in [0.717, 1.165) is 19.4 Å². The Hall–Kier alpha value is -1.10. The zero-order valence-electron chi connectivity index (χ0n) is 10.7. The Bertz CT molecular complexity index is 296. The fourth-order valence-corrected chi connectivity index (χ4v) is 2.10. The van der Waals surface area contributed by atoms with Crippen LogP contribution < -0.4 is 10.6 Å². The number of carboxylic acid groups (broad SMARTS) is 1. The number of carbonyl (C=O) groups excluding carboxylic acids is 1. The summed E-state index contributed by atoms with van der Waals surface area (Å²) in [6.45, 7) is 6.52. The lowest BCUT2D eigenvalue weighted by Crippen LogP contribution is -2.55. The molecule has 1 saturated heterocycles. The average Bonchev–Trinajstić information content (AvgIpc) is 2.64. The van der Waals surface area contributed by atoms with E-state index in [1.54, 1.807) is 0 Å². The third-order valence-corrected chi connectivity index (χ3v) is 3.18. The predicted octanol–water partition coefficient (Wildman–Crippen LogP) is 0.744. The van der Waals surface area contributed by atoms with Crippen molar-refractivity contribution < 1.29 is 14.7 Å². The molecule has 2 unspecified atom stereocenters. The molecule has 0 spiro atoms. The molecule has 0 aromatic rings. The number of amides is 1. The standard InChI is InChI=1S/C12H22N2O3/c1-8(2)7-9(10(15)16)14-11(17)12(3)5-4-6-13-12/h8-9,13H,4-7H2,1-3H3,(H,14,17)(H,15,16). The van der Waals surface area contributed by atoms with Gasteiger partial charge in [0, 0.05) is 0 Å². The summed E-state index contributed by atoms with van der Waals surface area (Å²) in [4.78, 5) is 23.1. The molecular formula is C12H22N2O3. The SMILES string of the molecule is CC(C)CC(NC(=O)C1(C)CCCN1)C(=O)O. The first-order valence-corrected chi connectivity index (χ1v) is 6.14. The van der Waals surface area contributed by atoms with E-state index in [1.165, 1.54) is 0 Å². The smallest absolute Gasteiger partial charge is 0.326 e. The molecule has 98 valence electrons. The maximum absolute atomic E-state index is 12.0. The van der Waals surface area contributed by atoms with Crippen LogP contribution in [0.1, 0.15) is 40.0 Å². The second-order valence-electron chi connectivity index (χ2n) is 5.36. The fourth-order valence-electron chi connectivity index (χ4n) is 2.10. The van der Waals surface area contributed by atoms with Crippen LogP contribution in [0.15, 0.2) is 0 Å². The first-order valence-electron chi connectivity index (χ1n) is 6.14. The lowest BCUT2D eigenvalue weighted by Gasteiger charge is -2.26. The molecule has 3 N–H and O–H groups in total. The van der Waals surface area contributed by atoms with Crippen LogP contribution in [0.2, 0.25) is 0 Å². The quantitative estimate of drug-likeness (QED) is 0.664. The summed E-state index contributed by atoms with van der Waals surface area (Å²) in [7, 11) is 0. The number of nitrogens with one attached hydrogen (secondary N) is 2. The summed E-state index contributed by atoms with van der Waals surface area (Å²) in [5, 5.41) is 14.8. The van der Waals surface area contributed by atoms with Gasteiger partial charge in [-0.25, -0.2) is 4.79 Å². The zero-order chi connectivity index (χ0) is 13.1. The lowest BCUT2D eigenvalue weighted by atomic mass is 9.97. The number of carboxylic acids is 1. The van der Waals surface area contributed by atoms with Crippen LogP contribution in [-0.2, 0) is 9.59 Å². The molecule has 1 aliphatic heterocycles. The van der Waals surface area contributed by atoms with Crippen LogP contribution in [0, 0.1) is 5.92 Å². The summed E-state index contributed by atoms with van der Waals surface area (Å²) >= 11 is 0. The van der Waals surface area contributed by atoms with Crippen molar-refractivity contribution in [2.45, 2.75) is 51.6 Å². The zero-order valence-corrected chi connectivity index (χ0v) is 10.7. The number of hydrogen-bond donors (Lipinski definition) is 3. The van der Waals surface area contributed by atoms with Gasteiger partial charge in [0.05, 0.1) is 5.54 Å². The summed E-state index contributed by atoms with van der Waals surface area (Å²) in [5.41, 5.74) is -0.606. The molecule has 0 radical (unpaired) electrons. The highest BCUT2D eigenvalue weighted by atomic mass is 16.4. The predicted molar refractivity (Wildman–Crippen MR) is 64.7 cm³/mol. The van der Waals surface area contributed by atoms with E-state index < -0.39 is 17.6 Å². The minimum Gasteiger partial charge on any atom is -0.480 e. The normalized spacial score (nSPS) is 25.9. The molecule has 2 atom stereocenters. The van der Waals surface area contributed by atoms with Gasteiger partial charge in [0.25, 0.3) is 0 Å². The summed E-state index contributed by atoms with van der Waals surface area (Å²) in [5.74, 6) is -0.933. The van der Waals surface area contributed by atoms with E-state index in [-0.39, 0.29) is 11.8 Å². The Morgan fingerprint density at radius 3 is 2.53 bits per heavy atom. The molecule has 17 heavy (non-hydrogen) atoms. The fraction of sp³-hybridized carbons (Fsp3) is 0.833.